The predicted octanol–water partition coefficient (Wildman–Crippen LogP) is 1.64. The number of aromatic nitrogens is 2. The molecule has 0 spiro atoms. The molecule has 1 aromatic heterocycles. The number of aromatic amines is 1. The van der Waals surface area contributed by atoms with E-state index in [-0.39, 0.29) is 11.5 Å². The van der Waals surface area contributed by atoms with Gasteiger partial charge in [-0.3, -0.25) is 9.59 Å². The SMILES string of the molecule is O=C(O)c1cnc(-c2ccc(NC(=O)C(F)(F)F)cc2)[nH]c1=O. The highest BCUT2D eigenvalue weighted by Crippen LogP contribution is 2.20. The Hall–Kier alpha value is -3.17. The lowest BCUT2D eigenvalue weighted by atomic mass is 10.2. The Labute approximate surface area is 125 Å². The van der Waals surface area contributed by atoms with E-state index in [1.54, 1.807) is 5.32 Å². The Morgan fingerprint density at radius 3 is 2.26 bits per heavy atom. The highest BCUT2D eigenvalue weighted by molar-refractivity contribution is 5.95. The molecular formula is C13H8F3N3O4. The molecule has 2 aromatic rings. The van der Waals surface area contributed by atoms with Gasteiger partial charge in [0.15, 0.2) is 0 Å². The summed E-state index contributed by atoms with van der Waals surface area (Å²) in [4.78, 5) is 39.0. The maximum atomic E-state index is 12.1. The molecule has 23 heavy (non-hydrogen) atoms. The van der Waals surface area contributed by atoms with Crippen molar-refractivity contribution in [2.45, 2.75) is 6.18 Å². The van der Waals surface area contributed by atoms with E-state index in [9.17, 15) is 27.6 Å². The molecule has 1 aromatic carbocycles. The van der Waals surface area contributed by atoms with Gasteiger partial charge in [-0.15, -0.1) is 0 Å². The van der Waals surface area contributed by atoms with Crippen molar-refractivity contribution in [3.05, 3.63) is 46.4 Å². The number of halogens is 3. The summed E-state index contributed by atoms with van der Waals surface area (Å²) in [5, 5.41) is 10.4. The van der Waals surface area contributed by atoms with Crippen LogP contribution >= 0.6 is 0 Å². The zero-order valence-corrected chi connectivity index (χ0v) is 11.1. The molecule has 0 radical (unpaired) electrons. The second-order valence-corrected chi connectivity index (χ2v) is 4.31. The van der Waals surface area contributed by atoms with E-state index in [1.165, 1.54) is 24.3 Å². The molecule has 0 saturated heterocycles. The second kappa shape index (κ2) is 5.91. The van der Waals surface area contributed by atoms with E-state index in [2.05, 4.69) is 9.97 Å². The minimum Gasteiger partial charge on any atom is -0.477 e. The zero-order chi connectivity index (χ0) is 17.2. The topological polar surface area (TPSA) is 112 Å². The second-order valence-electron chi connectivity index (χ2n) is 4.31. The van der Waals surface area contributed by atoms with Crippen LogP contribution in [0.5, 0.6) is 0 Å². The van der Waals surface area contributed by atoms with E-state index in [0.717, 1.165) is 6.20 Å². The highest BCUT2D eigenvalue weighted by atomic mass is 19.4. The lowest BCUT2D eigenvalue weighted by molar-refractivity contribution is -0.167. The summed E-state index contributed by atoms with van der Waals surface area (Å²) in [6, 6.07) is 4.99. The Bertz CT molecular complexity index is 812. The standard InChI is InChI=1S/C13H8F3N3O4/c14-13(15,16)12(23)18-7-3-1-6(2-4-7)9-17-5-8(11(21)22)10(20)19-9/h1-5H,(H,18,23)(H,21,22)(H,17,19,20). The van der Waals surface area contributed by atoms with Crippen LogP contribution in [-0.4, -0.2) is 33.1 Å². The number of alkyl halides is 3. The summed E-state index contributed by atoms with van der Waals surface area (Å²) in [7, 11) is 0. The maximum absolute atomic E-state index is 12.1. The number of carboxylic acid groups (broad SMARTS) is 1. The van der Waals surface area contributed by atoms with E-state index >= 15 is 0 Å². The van der Waals surface area contributed by atoms with Crippen LogP contribution in [0.25, 0.3) is 11.4 Å². The minimum absolute atomic E-state index is 0.0358. The average molecular weight is 327 g/mol. The third-order valence-electron chi connectivity index (χ3n) is 2.70. The number of nitrogens with zero attached hydrogens (tertiary/aromatic N) is 1. The summed E-state index contributed by atoms with van der Waals surface area (Å²) in [6.45, 7) is 0. The maximum Gasteiger partial charge on any atom is 0.471 e. The van der Waals surface area contributed by atoms with Gasteiger partial charge in [0.1, 0.15) is 11.4 Å². The summed E-state index contributed by atoms with van der Waals surface area (Å²) >= 11 is 0. The molecule has 10 heteroatoms. The van der Waals surface area contributed by atoms with Crippen LogP contribution in [0, 0.1) is 0 Å². The van der Waals surface area contributed by atoms with Crippen molar-refractivity contribution in [3.63, 3.8) is 0 Å². The largest absolute Gasteiger partial charge is 0.477 e. The molecule has 0 atom stereocenters. The number of amides is 1. The molecule has 7 nitrogen and oxygen atoms in total. The molecule has 0 fully saturated rings. The molecule has 1 heterocycles. The van der Waals surface area contributed by atoms with Gasteiger partial charge in [-0.25, -0.2) is 9.78 Å². The predicted molar refractivity (Wildman–Crippen MR) is 71.9 cm³/mol. The van der Waals surface area contributed by atoms with E-state index in [0.29, 0.717) is 5.56 Å². The molecule has 2 rings (SSSR count). The number of aromatic carboxylic acids is 1. The van der Waals surface area contributed by atoms with Crippen molar-refractivity contribution in [1.29, 1.82) is 0 Å². The number of hydrogen-bond donors (Lipinski definition) is 3. The zero-order valence-electron chi connectivity index (χ0n) is 11.1. The number of hydrogen-bond acceptors (Lipinski definition) is 4. The first-order valence-electron chi connectivity index (χ1n) is 5.99. The fourth-order valence-corrected chi connectivity index (χ4v) is 1.61. The Kier molecular flexibility index (Phi) is 4.16. The molecule has 0 aliphatic rings. The van der Waals surface area contributed by atoms with E-state index < -0.39 is 29.2 Å². The first-order valence-corrected chi connectivity index (χ1v) is 5.99. The number of H-pyrrole nitrogens is 1. The van der Waals surface area contributed by atoms with Crippen molar-refractivity contribution >= 4 is 17.6 Å². The van der Waals surface area contributed by atoms with Gasteiger partial charge in [-0.1, -0.05) is 0 Å². The van der Waals surface area contributed by atoms with Crippen LogP contribution in [0.3, 0.4) is 0 Å². The van der Waals surface area contributed by atoms with Crippen LogP contribution in [0.15, 0.2) is 35.3 Å². The fourth-order valence-electron chi connectivity index (χ4n) is 1.61. The van der Waals surface area contributed by atoms with Crippen molar-refractivity contribution < 1.29 is 27.9 Å². The van der Waals surface area contributed by atoms with Crippen LogP contribution in [0.4, 0.5) is 18.9 Å². The monoisotopic (exact) mass is 327 g/mol. The number of anilines is 1. The highest BCUT2D eigenvalue weighted by Gasteiger charge is 2.38. The first-order chi connectivity index (χ1) is 10.7. The Balaban J connectivity index is 2.23. The molecule has 1 amide bonds. The number of carbonyl (C=O) groups excluding carboxylic acids is 1. The average Bonchev–Trinajstić information content (AvgIpc) is 2.46. The van der Waals surface area contributed by atoms with Crippen molar-refractivity contribution in [2.24, 2.45) is 0 Å². The van der Waals surface area contributed by atoms with Crippen LogP contribution in [-0.2, 0) is 4.79 Å². The Morgan fingerprint density at radius 1 is 1.17 bits per heavy atom. The fraction of sp³-hybridized carbons (Fsp3) is 0.0769. The molecule has 0 bridgehead atoms. The van der Waals surface area contributed by atoms with Gasteiger partial charge in [0.25, 0.3) is 5.56 Å². The first kappa shape index (κ1) is 16.2. The molecular weight excluding hydrogens is 319 g/mol. The smallest absolute Gasteiger partial charge is 0.471 e. The van der Waals surface area contributed by atoms with E-state index in [4.69, 9.17) is 5.11 Å². The lowest BCUT2D eigenvalue weighted by Crippen LogP contribution is -2.29. The van der Waals surface area contributed by atoms with Crippen LogP contribution < -0.4 is 10.9 Å². The van der Waals surface area contributed by atoms with Gasteiger partial charge in [0.05, 0.1) is 0 Å². The summed E-state index contributed by atoms with van der Waals surface area (Å²) < 4.78 is 36.4. The minimum atomic E-state index is -5.00. The molecule has 120 valence electrons. The lowest BCUT2D eigenvalue weighted by Gasteiger charge is -2.08. The third-order valence-corrected chi connectivity index (χ3v) is 2.70. The number of rotatable bonds is 3. The number of carbonyl (C=O) groups is 2. The van der Waals surface area contributed by atoms with Crippen molar-refractivity contribution in [1.82, 2.24) is 9.97 Å². The van der Waals surface area contributed by atoms with Crippen LogP contribution in [0.1, 0.15) is 10.4 Å². The van der Waals surface area contributed by atoms with Gasteiger partial charge < -0.3 is 15.4 Å². The molecule has 3 N–H and O–H groups in total. The quantitative estimate of drug-likeness (QED) is 0.793. The summed E-state index contributed by atoms with van der Waals surface area (Å²) in [6.07, 6.45) is -4.13. The summed E-state index contributed by atoms with van der Waals surface area (Å²) in [5.74, 6) is -3.51. The van der Waals surface area contributed by atoms with Gasteiger partial charge in [0.2, 0.25) is 0 Å². The van der Waals surface area contributed by atoms with Gasteiger partial charge >= 0.3 is 18.1 Å². The molecule has 0 aliphatic heterocycles. The number of nitrogens with one attached hydrogen (secondary N) is 2. The number of carboxylic acids is 1. The van der Waals surface area contributed by atoms with Gasteiger partial charge in [-0.2, -0.15) is 13.2 Å². The van der Waals surface area contributed by atoms with Crippen molar-refractivity contribution in [2.75, 3.05) is 5.32 Å². The molecule has 0 saturated carbocycles. The Morgan fingerprint density at radius 2 is 1.78 bits per heavy atom. The van der Waals surface area contributed by atoms with Gasteiger partial charge in [0, 0.05) is 17.4 Å². The normalized spacial score (nSPS) is 11.1. The van der Waals surface area contributed by atoms with Crippen molar-refractivity contribution in [3.8, 4) is 11.4 Å². The third kappa shape index (κ3) is 3.73. The van der Waals surface area contributed by atoms with Crippen LogP contribution in [0.2, 0.25) is 0 Å². The molecule has 0 aliphatic carbocycles. The summed E-state index contributed by atoms with van der Waals surface area (Å²) in [5.41, 5.74) is -1.18. The van der Waals surface area contributed by atoms with Gasteiger partial charge in [-0.05, 0) is 24.3 Å². The number of benzene rings is 1. The van der Waals surface area contributed by atoms with E-state index in [1.807, 2.05) is 0 Å². The molecule has 0 unspecified atom stereocenters.